The minimum absolute atomic E-state index is 0.129. The lowest BCUT2D eigenvalue weighted by Gasteiger charge is -2.29. The fourth-order valence-electron chi connectivity index (χ4n) is 3.69. The molecule has 136 valence electrons. The summed E-state index contributed by atoms with van der Waals surface area (Å²) < 4.78 is 0. The molecule has 0 spiro atoms. The maximum Gasteiger partial charge on any atom is 0.253 e. The Morgan fingerprint density at radius 2 is 1.88 bits per heavy atom. The smallest absolute Gasteiger partial charge is 0.253 e. The van der Waals surface area contributed by atoms with Crippen molar-refractivity contribution in [3.63, 3.8) is 0 Å². The predicted molar refractivity (Wildman–Crippen MR) is 96.5 cm³/mol. The zero-order valence-corrected chi connectivity index (χ0v) is 14.5. The van der Waals surface area contributed by atoms with Crippen LogP contribution < -0.4 is 10.6 Å². The fourth-order valence-corrected chi connectivity index (χ4v) is 3.69. The lowest BCUT2D eigenvalue weighted by molar-refractivity contribution is -0.118. The van der Waals surface area contributed by atoms with Crippen molar-refractivity contribution in [1.82, 2.24) is 10.2 Å². The van der Waals surface area contributed by atoms with Crippen molar-refractivity contribution >= 4 is 17.5 Å². The van der Waals surface area contributed by atoms with E-state index < -0.39 is 0 Å². The molecule has 2 fully saturated rings. The molecule has 1 saturated heterocycles. The number of piperidine rings is 1. The van der Waals surface area contributed by atoms with Gasteiger partial charge in [-0.2, -0.15) is 0 Å². The number of likely N-dealkylation sites (tertiary alicyclic amines) is 1. The van der Waals surface area contributed by atoms with E-state index in [1.807, 2.05) is 11.0 Å². The first kappa shape index (κ1) is 17.9. The summed E-state index contributed by atoms with van der Waals surface area (Å²) in [5, 5.41) is 15.6. The van der Waals surface area contributed by atoms with Crippen LogP contribution in [-0.2, 0) is 4.79 Å². The van der Waals surface area contributed by atoms with Crippen molar-refractivity contribution in [1.29, 1.82) is 0 Å². The largest absolute Gasteiger partial charge is 0.392 e. The van der Waals surface area contributed by atoms with Crippen LogP contribution in [0, 0.1) is 0 Å². The summed E-state index contributed by atoms with van der Waals surface area (Å²) in [5.74, 6) is -0.286. The molecular formula is C19H27N3O3. The van der Waals surface area contributed by atoms with Crippen LogP contribution in [0.5, 0.6) is 0 Å². The Balaban J connectivity index is 1.59. The van der Waals surface area contributed by atoms with Crippen LogP contribution in [0.15, 0.2) is 24.3 Å². The summed E-state index contributed by atoms with van der Waals surface area (Å²) in [4.78, 5) is 26.8. The van der Waals surface area contributed by atoms with E-state index in [1.54, 1.807) is 18.2 Å². The lowest BCUT2D eigenvalue weighted by Crippen LogP contribution is -2.42. The zero-order valence-electron chi connectivity index (χ0n) is 14.5. The number of nitrogens with zero attached hydrogens (tertiary/aromatic N) is 1. The highest BCUT2D eigenvalue weighted by Gasteiger charge is 2.22. The number of aliphatic hydroxyl groups is 1. The molecule has 1 aromatic rings. The number of aliphatic hydroxyl groups excluding tert-OH is 1. The van der Waals surface area contributed by atoms with E-state index in [9.17, 15) is 14.7 Å². The van der Waals surface area contributed by atoms with Crippen molar-refractivity contribution in [2.45, 2.75) is 50.7 Å². The normalized spacial score (nSPS) is 21.9. The minimum Gasteiger partial charge on any atom is -0.392 e. The van der Waals surface area contributed by atoms with E-state index in [2.05, 4.69) is 10.6 Å². The molecule has 3 rings (SSSR count). The molecule has 1 aliphatic carbocycles. The van der Waals surface area contributed by atoms with Gasteiger partial charge in [0.2, 0.25) is 5.91 Å². The summed E-state index contributed by atoms with van der Waals surface area (Å²) in [6.45, 7) is 1.57. The Kier molecular flexibility index (Phi) is 6.04. The molecule has 1 saturated carbocycles. The average molecular weight is 345 g/mol. The molecule has 1 heterocycles. The minimum atomic E-state index is -0.356. The fraction of sp³-hybridized carbons (Fsp3) is 0.579. The Hall–Kier alpha value is -1.92. The van der Waals surface area contributed by atoms with Gasteiger partial charge in [0.05, 0.1) is 23.9 Å². The second-order valence-corrected chi connectivity index (χ2v) is 7.08. The topological polar surface area (TPSA) is 81.7 Å². The van der Waals surface area contributed by atoms with E-state index in [0.717, 1.165) is 45.1 Å². The number of benzene rings is 1. The van der Waals surface area contributed by atoms with Crippen molar-refractivity contribution in [3.05, 3.63) is 29.8 Å². The van der Waals surface area contributed by atoms with Gasteiger partial charge in [0.25, 0.3) is 5.91 Å². The quantitative estimate of drug-likeness (QED) is 0.759. The van der Waals surface area contributed by atoms with Crippen LogP contribution in [-0.4, -0.2) is 53.6 Å². The molecule has 2 amide bonds. The molecule has 1 atom stereocenters. The lowest BCUT2D eigenvalue weighted by atomic mass is 10.1. The number of nitrogens with one attached hydrogen (secondary N) is 2. The summed E-state index contributed by atoms with van der Waals surface area (Å²) in [6.07, 6.45) is 5.70. The van der Waals surface area contributed by atoms with Crippen molar-refractivity contribution in [3.8, 4) is 0 Å². The van der Waals surface area contributed by atoms with Gasteiger partial charge in [0.15, 0.2) is 0 Å². The Bertz CT molecular complexity index is 614. The SMILES string of the molecule is O=C(CN1CCC[C@H](O)C1)Nc1ccccc1C(=O)NC1CCCC1. The van der Waals surface area contributed by atoms with Crippen LogP contribution in [0.3, 0.4) is 0 Å². The monoisotopic (exact) mass is 345 g/mol. The molecule has 2 aliphatic rings. The Labute approximate surface area is 148 Å². The van der Waals surface area contributed by atoms with Crippen LogP contribution in [0.25, 0.3) is 0 Å². The third-order valence-electron chi connectivity index (χ3n) is 4.98. The Morgan fingerprint density at radius 3 is 2.64 bits per heavy atom. The van der Waals surface area contributed by atoms with Gasteiger partial charge < -0.3 is 15.7 Å². The third kappa shape index (κ3) is 5.03. The van der Waals surface area contributed by atoms with E-state index in [1.165, 1.54) is 0 Å². The number of anilines is 1. The maximum absolute atomic E-state index is 12.5. The van der Waals surface area contributed by atoms with Gasteiger partial charge in [-0.3, -0.25) is 14.5 Å². The average Bonchev–Trinajstić information content (AvgIpc) is 3.08. The third-order valence-corrected chi connectivity index (χ3v) is 4.98. The number of para-hydroxylation sites is 1. The van der Waals surface area contributed by atoms with E-state index in [-0.39, 0.29) is 30.5 Å². The van der Waals surface area contributed by atoms with Crippen LogP contribution >= 0.6 is 0 Å². The zero-order chi connectivity index (χ0) is 17.6. The van der Waals surface area contributed by atoms with Gasteiger partial charge >= 0.3 is 0 Å². The molecule has 1 aliphatic heterocycles. The van der Waals surface area contributed by atoms with Gasteiger partial charge in [-0.25, -0.2) is 0 Å². The molecule has 0 bridgehead atoms. The maximum atomic E-state index is 12.5. The van der Waals surface area contributed by atoms with Crippen LogP contribution in [0.4, 0.5) is 5.69 Å². The molecule has 6 nitrogen and oxygen atoms in total. The molecule has 1 aromatic carbocycles. The van der Waals surface area contributed by atoms with E-state index in [4.69, 9.17) is 0 Å². The van der Waals surface area contributed by atoms with Crippen LogP contribution in [0.1, 0.15) is 48.9 Å². The molecular weight excluding hydrogens is 318 g/mol. The molecule has 25 heavy (non-hydrogen) atoms. The number of hydrogen-bond donors (Lipinski definition) is 3. The molecule has 6 heteroatoms. The number of rotatable bonds is 5. The van der Waals surface area contributed by atoms with Gasteiger partial charge in [0, 0.05) is 12.6 Å². The highest BCUT2D eigenvalue weighted by atomic mass is 16.3. The summed E-state index contributed by atoms with van der Waals surface area (Å²) in [5.41, 5.74) is 1.04. The van der Waals surface area contributed by atoms with Gasteiger partial charge in [0.1, 0.15) is 0 Å². The number of amides is 2. The van der Waals surface area contributed by atoms with Crippen molar-refractivity contribution < 1.29 is 14.7 Å². The first-order valence-corrected chi connectivity index (χ1v) is 9.22. The standard InChI is InChI=1S/C19H27N3O3/c23-15-8-5-11-22(12-15)13-18(24)21-17-10-4-3-9-16(17)19(25)20-14-6-1-2-7-14/h3-4,9-10,14-15,23H,1-2,5-8,11-13H2,(H,20,25)(H,21,24)/t15-/m0/s1. The van der Waals surface area contributed by atoms with Crippen LogP contribution in [0.2, 0.25) is 0 Å². The van der Waals surface area contributed by atoms with Gasteiger partial charge in [-0.15, -0.1) is 0 Å². The van der Waals surface area contributed by atoms with Gasteiger partial charge in [-0.05, 0) is 44.4 Å². The second-order valence-electron chi connectivity index (χ2n) is 7.08. The molecule has 3 N–H and O–H groups in total. The second kappa shape index (κ2) is 8.45. The predicted octanol–water partition coefficient (Wildman–Crippen LogP) is 1.75. The highest BCUT2D eigenvalue weighted by molar-refractivity contribution is 6.04. The first-order chi connectivity index (χ1) is 12.1. The molecule has 0 radical (unpaired) electrons. The summed E-state index contributed by atoms with van der Waals surface area (Å²) >= 11 is 0. The number of carbonyl (C=O) groups excluding carboxylic acids is 2. The number of carbonyl (C=O) groups is 2. The highest BCUT2D eigenvalue weighted by Crippen LogP contribution is 2.20. The molecule has 0 aromatic heterocycles. The number of β-amino-alcohol motifs (C(OH)–C–C–N with tert-alkyl or cyclic N) is 1. The number of hydrogen-bond acceptors (Lipinski definition) is 4. The van der Waals surface area contributed by atoms with E-state index >= 15 is 0 Å². The van der Waals surface area contributed by atoms with Crippen molar-refractivity contribution in [2.24, 2.45) is 0 Å². The molecule has 0 unspecified atom stereocenters. The van der Waals surface area contributed by atoms with Crippen molar-refractivity contribution in [2.75, 3.05) is 25.0 Å². The summed E-state index contributed by atoms with van der Waals surface area (Å²) in [7, 11) is 0. The van der Waals surface area contributed by atoms with Gasteiger partial charge in [-0.1, -0.05) is 25.0 Å². The Morgan fingerprint density at radius 1 is 1.12 bits per heavy atom. The van der Waals surface area contributed by atoms with E-state index in [0.29, 0.717) is 17.8 Å². The summed E-state index contributed by atoms with van der Waals surface area (Å²) in [6, 6.07) is 7.36. The first-order valence-electron chi connectivity index (χ1n) is 9.22.